The zero-order valence-corrected chi connectivity index (χ0v) is 19.2. The van der Waals surface area contributed by atoms with Gasteiger partial charge in [0.15, 0.2) is 0 Å². The van der Waals surface area contributed by atoms with Crippen molar-refractivity contribution in [3.05, 3.63) is 83.7 Å². The average Bonchev–Trinajstić information content (AvgIpc) is 3.01. The molecule has 0 bridgehead atoms. The smallest absolute Gasteiger partial charge is 0.143 e. The summed E-state index contributed by atoms with van der Waals surface area (Å²) in [5.74, 6) is 1.54. The normalized spacial score (nSPS) is 18.1. The van der Waals surface area contributed by atoms with E-state index >= 15 is 0 Å². The molecule has 1 atom stereocenters. The Morgan fingerprint density at radius 1 is 1.00 bits per heavy atom. The Morgan fingerprint density at radius 3 is 2.70 bits per heavy atom. The molecule has 3 aromatic carbocycles. The first-order valence-electron chi connectivity index (χ1n) is 11.9. The van der Waals surface area contributed by atoms with Gasteiger partial charge in [0.1, 0.15) is 23.9 Å². The van der Waals surface area contributed by atoms with Crippen LogP contribution in [-0.4, -0.2) is 37.7 Å². The number of nitrogens with zero attached hydrogens (tertiary/aromatic N) is 2. The fourth-order valence-electron chi connectivity index (χ4n) is 5.03. The number of rotatable bonds is 6. The highest BCUT2D eigenvalue weighted by molar-refractivity contribution is 5.73. The predicted octanol–water partition coefficient (Wildman–Crippen LogP) is 5.96. The Bertz CT molecular complexity index is 1090. The minimum Gasteiger partial charge on any atom is -0.497 e. The molecule has 33 heavy (non-hydrogen) atoms. The van der Waals surface area contributed by atoms with E-state index in [1.165, 1.54) is 24.5 Å². The van der Waals surface area contributed by atoms with Crippen LogP contribution < -0.4 is 14.4 Å². The van der Waals surface area contributed by atoms with Crippen LogP contribution in [0.25, 0.3) is 0 Å². The van der Waals surface area contributed by atoms with Gasteiger partial charge < -0.3 is 14.4 Å². The first kappa shape index (κ1) is 21.8. The van der Waals surface area contributed by atoms with Crippen LogP contribution in [0.5, 0.6) is 11.5 Å². The number of hydrogen-bond donors (Lipinski definition) is 0. The number of fused-ring (bicyclic) bond motifs is 2. The van der Waals surface area contributed by atoms with Gasteiger partial charge in [0.05, 0.1) is 18.5 Å². The third-order valence-electron chi connectivity index (χ3n) is 6.87. The fraction of sp³-hybridized carbons (Fsp3) is 0.357. The molecular formula is C28H31FN2O2. The van der Waals surface area contributed by atoms with Crippen LogP contribution in [0.3, 0.4) is 0 Å². The molecule has 0 aliphatic carbocycles. The number of hydrogen-bond acceptors (Lipinski definition) is 4. The highest BCUT2D eigenvalue weighted by Crippen LogP contribution is 2.40. The number of ether oxygens (including phenoxy) is 2. The summed E-state index contributed by atoms with van der Waals surface area (Å²) in [6.45, 7) is 3.39. The van der Waals surface area contributed by atoms with E-state index in [0.29, 0.717) is 12.6 Å². The average molecular weight is 447 g/mol. The standard InChI is InChI=1S/C28H31FN2O2/c1-32-25-13-9-21(10-14-25)15-17-30-16-5-4-6-24(30)19-31-26-7-2-3-8-28(26)33-20-22-11-12-23(29)18-27(22)31/h2-3,7-14,18,24H,4-6,15-17,19-20H2,1H3. The molecule has 0 amide bonds. The SMILES string of the molecule is COc1ccc(CCN2CCCCC2CN2c3cc(F)ccc3COc3ccccc32)cc1. The third kappa shape index (κ3) is 4.83. The van der Waals surface area contributed by atoms with Crippen LogP contribution in [0.2, 0.25) is 0 Å². The summed E-state index contributed by atoms with van der Waals surface area (Å²) in [6.07, 6.45) is 4.61. The maximum Gasteiger partial charge on any atom is 0.143 e. The van der Waals surface area contributed by atoms with Crippen molar-refractivity contribution < 1.29 is 13.9 Å². The van der Waals surface area contributed by atoms with Gasteiger partial charge in [0.25, 0.3) is 0 Å². The fourth-order valence-corrected chi connectivity index (χ4v) is 5.03. The van der Waals surface area contributed by atoms with Gasteiger partial charge in [0.2, 0.25) is 0 Å². The van der Waals surface area contributed by atoms with Crippen molar-refractivity contribution in [1.82, 2.24) is 4.90 Å². The maximum atomic E-state index is 14.3. The molecule has 0 spiro atoms. The molecule has 0 saturated carbocycles. The highest BCUT2D eigenvalue weighted by atomic mass is 19.1. The van der Waals surface area contributed by atoms with E-state index in [1.54, 1.807) is 13.2 Å². The van der Waals surface area contributed by atoms with Crippen LogP contribution in [0.4, 0.5) is 15.8 Å². The van der Waals surface area contributed by atoms with Crippen molar-refractivity contribution in [2.45, 2.75) is 38.3 Å². The molecule has 0 N–H and O–H groups in total. The minimum atomic E-state index is -0.210. The third-order valence-corrected chi connectivity index (χ3v) is 6.87. The van der Waals surface area contributed by atoms with Gasteiger partial charge >= 0.3 is 0 Å². The van der Waals surface area contributed by atoms with Crippen LogP contribution >= 0.6 is 0 Å². The van der Waals surface area contributed by atoms with Crippen LogP contribution in [-0.2, 0) is 13.0 Å². The first-order valence-corrected chi connectivity index (χ1v) is 11.9. The van der Waals surface area contributed by atoms with E-state index in [2.05, 4.69) is 28.0 Å². The topological polar surface area (TPSA) is 24.9 Å². The van der Waals surface area contributed by atoms with Crippen molar-refractivity contribution in [1.29, 1.82) is 0 Å². The number of methoxy groups -OCH3 is 1. The van der Waals surface area contributed by atoms with Gasteiger partial charge in [-0.05, 0) is 67.8 Å². The molecule has 0 aromatic heterocycles. The van der Waals surface area contributed by atoms with E-state index in [-0.39, 0.29) is 5.82 Å². The quantitative estimate of drug-likeness (QED) is 0.466. The van der Waals surface area contributed by atoms with Gasteiger partial charge in [-0.25, -0.2) is 4.39 Å². The Kier molecular flexibility index (Phi) is 6.49. The first-order chi connectivity index (χ1) is 16.2. The van der Waals surface area contributed by atoms with Crippen molar-refractivity contribution in [3.63, 3.8) is 0 Å². The maximum absolute atomic E-state index is 14.3. The predicted molar refractivity (Wildman–Crippen MR) is 130 cm³/mol. The monoisotopic (exact) mass is 446 g/mol. The zero-order chi connectivity index (χ0) is 22.6. The number of anilines is 2. The molecule has 0 radical (unpaired) electrons. The Hall–Kier alpha value is -3.05. The summed E-state index contributed by atoms with van der Waals surface area (Å²) >= 11 is 0. The molecule has 1 unspecified atom stereocenters. The van der Waals surface area contributed by atoms with E-state index in [9.17, 15) is 4.39 Å². The lowest BCUT2D eigenvalue weighted by molar-refractivity contribution is 0.154. The second-order valence-electron chi connectivity index (χ2n) is 8.92. The molecule has 5 heteroatoms. The number of halogens is 1. The summed E-state index contributed by atoms with van der Waals surface area (Å²) in [6, 6.07) is 21.9. The largest absolute Gasteiger partial charge is 0.497 e. The van der Waals surface area contributed by atoms with Crippen molar-refractivity contribution >= 4 is 11.4 Å². The number of piperidine rings is 1. The van der Waals surface area contributed by atoms with Crippen LogP contribution in [0.1, 0.15) is 30.4 Å². The van der Waals surface area contributed by atoms with Gasteiger partial charge in [-0.3, -0.25) is 4.90 Å². The minimum absolute atomic E-state index is 0.210. The lowest BCUT2D eigenvalue weighted by Crippen LogP contribution is -2.46. The van der Waals surface area contributed by atoms with Crippen molar-refractivity contribution in [2.24, 2.45) is 0 Å². The highest BCUT2D eigenvalue weighted by Gasteiger charge is 2.29. The van der Waals surface area contributed by atoms with Gasteiger partial charge in [-0.1, -0.05) is 36.8 Å². The number of para-hydroxylation sites is 2. The molecule has 2 heterocycles. The van der Waals surface area contributed by atoms with E-state index in [0.717, 1.165) is 60.9 Å². The molecule has 1 fully saturated rings. The summed E-state index contributed by atoms with van der Waals surface area (Å²) in [7, 11) is 1.70. The number of likely N-dealkylation sites (tertiary alicyclic amines) is 1. The molecule has 2 aliphatic rings. The van der Waals surface area contributed by atoms with Crippen molar-refractivity contribution in [3.8, 4) is 11.5 Å². The lowest BCUT2D eigenvalue weighted by Gasteiger charge is -2.39. The number of benzene rings is 3. The van der Waals surface area contributed by atoms with Gasteiger partial charge in [0, 0.05) is 24.7 Å². The Morgan fingerprint density at radius 2 is 1.85 bits per heavy atom. The van der Waals surface area contributed by atoms with Gasteiger partial charge in [-0.2, -0.15) is 0 Å². The van der Waals surface area contributed by atoms with Crippen molar-refractivity contribution in [2.75, 3.05) is 31.6 Å². The molecule has 4 nitrogen and oxygen atoms in total. The molecule has 1 saturated heterocycles. The molecule has 2 aliphatic heterocycles. The summed E-state index contributed by atoms with van der Waals surface area (Å²) in [4.78, 5) is 4.89. The van der Waals surface area contributed by atoms with E-state index in [4.69, 9.17) is 9.47 Å². The van der Waals surface area contributed by atoms with E-state index < -0.39 is 0 Å². The summed E-state index contributed by atoms with van der Waals surface area (Å²) in [5, 5.41) is 0. The molecule has 5 rings (SSSR count). The van der Waals surface area contributed by atoms with E-state index in [1.807, 2.05) is 36.4 Å². The summed E-state index contributed by atoms with van der Waals surface area (Å²) in [5.41, 5.74) is 4.28. The second kappa shape index (κ2) is 9.84. The van der Waals surface area contributed by atoms with Gasteiger partial charge in [-0.15, -0.1) is 0 Å². The molecule has 3 aromatic rings. The zero-order valence-electron chi connectivity index (χ0n) is 19.2. The molecular weight excluding hydrogens is 415 g/mol. The lowest BCUT2D eigenvalue weighted by atomic mass is 9.99. The molecule has 172 valence electrons. The van der Waals surface area contributed by atoms with Crippen LogP contribution in [0.15, 0.2) is 66.7 Å². The Labute approximate surface area is 195 Å². The van der Waals surface area contributed by atoms with Crippen LogP contribution in [0, 0.1) is 5.82 Å². The second-order valence-corrected chi connectivity index (χ2v) is 8.92. The Balaban J connectivity index is 1.38. The summed E-state index contributed by atoms with van der Waals surface area (Å²) < 4.78 is 25.7.